The van der Waals surface area contributed by atoms with Gasteiger partial charge in [0, 0.05) is 23.8 Å². The number of methoxy groups -OCH3 is 3. The van der Waals surface area contributed by atoms with E-state index >= 15 is 0 Å². The zero-order valence-electron chi connectivity index (χ0n) is 14.9. The standard InChI is InChI=1S/C19H18O8/c1-23-9-4-11(20)17-15(5-9)27-16-8-26-12-7-14(25-3)13(24-2)6-10(12)19(16,22)18(17)21/h4-7,16,20,22H,8H2,1-3H3/t16-,19+/m0/s1. The van der Waals surface area contributed by atoms with Crippen molar-refractivity contribution >= 4 is 5.78 Å². The zero-order valence-corrected chi connectivity index (χ0v) is 14.9. The lowest BCUT2D eigenvalue weighted by Gasteiger charge is -2.43. The van der Waals surface area contributed by atoms with Gasteiger partial charge in [-0.15, -0.1) is 0 Å². The number of carbonyl (C=O) groups is 1. The summed E-state index contributed by atoms with van der Waals surface area (Å²) in [5.74, 6) is 0.425. The summed E-state index contributed by atoms with van der Waals surface area (Å²) in [6, 6.07) is 5.79. The van der Waals surface area contributed by atoms with Gasteiger partial charge >= 0.3 is 0 Å². The molecule has 0 saturated carbocycles. The largest absolute Gasteiger partial charge is 0.507 e. The minimum absolute atomic E-state index is 0.0673. The Hall–Kier alpha value is -3.13. The second-order valence-electron chi connectivity index (χ2n) is 6.24. The van der Waals surface area contributed by atoms with E-state index in [-0.39, 0.29) is 35.0 Å². The molecule has 0 fully saturated rings. The van der Waals surface area contributed by atoms with E-state index in [0.29, 0.717) is 17.2 Å². The number of rotatable bonds is 3. The van der Waals surface area contributed by atoms with E-state index in [1.807, 2.05) is 0 Å². The number of fused-ring (bicyclic) bond motifs is 4. The number of aliphatic hydroxyl groups is 1. The van der Waals surface area contributed by atoms with Gasteiger partial charge in [-0.1, -0.05) is 0 Å². The fourth-order valence-electron chi connectivity index (χ4n) is 3.48. The molecule has 0 bridgehead atoms. The van der Waals surface area contributed by atoms with Crippen molar-refractivity contribution in [1.82, 2.24) is 0 Å². The molecular weight excluding hydrogens is 356 g/mol. The molecule has 0 amide bonds. The number of aromatic hydroxyl groups is 1. The summed E-state index contributed by atoms with van der Waals surface area (Å²) in [4.78, 5) is 13.3. The quantitative estimate of drug-likeness (QED) is 0.836. The highest BCUT2D eigenvalue weighted by molar-refractivity contribution is 6.09. The smallest absolute Gasteiger partial charge is 0.210 e. The van der Waals surface area contributed by atoms with E-state index < -0.39 is 17.5 Å². The van der Waals surface area contributed by atoms with Crippen LogP contribution in [0.3, 0.4) is 0 Å². The van der Waals surface area contributed by atoms with Gasteiger partial charge in [0.15, 0.2) is 23.2 Å². The molecular formula is C19H18O8. The van der Waals surface area contributed by atoms with Crippen molar-refractivity contribution in [3.63, 3.8) is 0 Å². The van der Waals surface area contributed by atoms with Crippen molar-refractivity contribution in [3.8, 4) is 34.5 Å². The van der Waals surface area contributed by atoms with Crippen LogP contribution in [0.25, 0.3) is 0 Å². The fourth-order valence-corrected chi connectivity index (χ4v) is 3.48. The lowest BCUT2D eigenvalue weighted by Crippen LogP contribution is -2.57. The fraction of sp³-hybridized carbons (Fsp3) is 0.316. The Kier molecular flexibility index (Phi) is 3.81. The second-order valence-corrected chi connectivity index (χ2v) is 6.24. The summed E-state index contributed by atoms with van der Waals surface area (Å²) >= 11 is 0. The van der Waals surface area contributed by atoms with E-state index in [9.17, 15) is 15.0 Å². The van der Waals surface area contributed by atoms with E-state index in [2.05, 4.69) is 0 Å². The van der Waals surface area contributed by atoms with Crippen LogP contribution in [0.5, 0.6) is 34.5 Å². The van der Waals surface area contributed by atoms with Gasteiger partial charge in [-0.25, -0.2) is 0 Å². The molecule has 2 aromatic carbocycles. The van der Waals surface area contributed by atoms with Gasteiger partial charge in [0.05, 0.1) is 21.3 Å². The van der Waals surface area contributed by atoms with E-state index in [1.165, 1.54) is 39.5 Å². The molecule has 2 atom stereocenters. The van der Waals surface area contributed by atoms with Gasteiger partial charge < -0.3 is 33.9 Å². The van der Waals surface area contributed by atoms with Crippen LogP contribution in [0.1, 0.15) is 15.9 Å². The lowest BCUT2D eigenvalue weighted by atomic mass is 9.77. The number of Topliss-reactive ketones (excluding diaryl/α,β-unsaturated/α-hetero) is 1. The molecule has 0 radical (unpaired) electrons. The molecule has 2 N–H and O–H groups in total. The van der Waals surface area contributed by atoms with E-state index in [4.69, 9.17) is 23.7 Å². The highest BCUT2D eigenvalue weighted by Crippen LogP contribution is 2.50. The van der Waals surface area contributed by atoms with Gasteiger partial charge in [-0.05, 0) is 6.07 Å². The highest BCUT2D eigenvalue weighted by Gasteiger charge is 2.56. The third-order valence-corrected chi connectivity index (χ3v) is 4.89. The van der Waals surface area contributed by atoms with Gasteiger partial charge in [-0.2, -0.15) is 0 Å². The lowest BCUT2D eigenvalue weighted by molar-refractivity contribution is -0.0803. The molecule has 0 aliphatic carbocycles. The number of phenolic OH excluding ortho intramolecular Hbond substituents is 1. The Bertz CT molecular complexity index is 938. The average molecular weight is 374 g/mol. The van der Waals surface area contributed by atoms with Crippen molar-refractivity contribution in [2.24, 2.45) is 0 Å². The number of benzene rings is 2. The summed E-state index contributed by atoms with van der Waals surface area (Å²) in [5, 5.41) is 21.7. The summed E-state index contributed by atoms with van der Waals surface area (Å²) in [6.45, 7) is -0.0673. The van der Waals surface area contributed by atoms with Crippen molar-refractivity contribution in [2.75, 3.05) is 27.9 Å². The van der Waals surface area contributed by atoms with Crippen LogP contribution >= 0.6 is 0 Å². The van der Waals surface area contributed by atoms with Crippen molar-refractivity contribution in [3.05, 3.63) is 35.4 Å². The number of ether oxygens (including phenoxy) is 5. The predicted octanol–water partition coefficient (Wildman–Crippen LogP) is 1.64. The molecule has 142 valence electrons. The topological polar surface area (TPSA) is 104 Å². The molecule has 8 heteroatoms. The molecule has 0 spiro atoms. The minimum atomic E-state index is -2.05. The molecule has 2 aliphatic rings. The monoisotopic (exact) mass is 374 g/mol. The molecule has 8 nitrogen and oxygen atoms in total. The first kappa shape index (κ1) is 17.3. The predicted molar refractivity (Wildman–Crippen MR) is 92.3 cm³/mol. The summed E-state index contributed by atoms with van der Waals surface area (Å²) < 4.78 is 27.1. The SMILES string of the molecule is COc1cc(O)c2c(c1)O[C@H]1COc3cc(OC)c(OC)cc3[C@]1(O)C2=O. The van der Waals surface area contributed by atoms with Crippen molar-refractivity contribution in [2.45, 2.75) is 11.7 Å². The first-order valence-corrected chi connectivity index (χ1v) is 8.18. The molecule has 4 rings (SSSR count). The van der Waals surface area contributed by atoms with Gasteiger partial charge in [0.1, 0.15) is 35.2 Å². The maximum Gasteiger partial charge on any atom is 0.210 e. The molecule has 0 aromatic heterocycles. The molecule has 27 heavy (non-hydrogen) atoms. The Morgan fingerprint density at radius 2 is 1.74 bits per heavy atom. The van der Waals surface area contributed by atoms with Crippen LogP contribution in [0.4, 0.5) is 0 Å². The third-order valence-electron chi connectivity index (χ3n) is 4.89. The zero-order chi connectivity index (χ0) is 19.3. The second kappa shape index (κ2) is 5.95. The first-order chi connectivity index (χ1) is 12.9. The summed E-state index contributed by atoms with van der Waals surface area (Å²) in [6.07, 6.45) is -1.00. The molecule has 2 aliphatic heterocycles. The van der Waals surface area contributed by atoms with E-state index in [0.717, 1.165) is 0 Å². The number of hydrogen-bond donors (Lipinski definition) is 2. The molecule has 2 aromatic rings. The maximum absolute atomic E-state index is 13.3. The number of phenols is 1. The van der Waals surface area contributed by atoms with Crippen LogP contribution < -0.4 is 23.7 Å². The van der Waals surface area contributed by atoms with Crippen LogP contribution in [-0.4, -0.2) is 50.0 Å². The molecule has 0 saturated heterocycles. The van der Waals surface area contributed by atoms with Crippen molar-refractivity contribution < 1.29 is 38.7 Å². The van der Waals surface area contributed by atoms with Crippen LogP contribution in [0.15, 0.2) is 24.3 Å². The number of hydrogen-bond acceptors (Lipinski definition) is 8. The van der Waals surface area contributed by atoms with Crippen LogP contribution in [0.2, 0.25) is 0 Å². The Morgan fingerprint density at radius 3 is 2.41 bits per heavy atom. The van der Waals surface area contributed by atoms with Crippen LogP contribution in [-0.2, 0) is 5.60 Å². The Morgan fingerprint density at radius 1 is 1.04 bits per heavy atom. The maximum atomic E-state index is 13.3. The Labute approximate surface area is 154 Å². The number of carbonyl (C=O) groups excluding carboxylic acids is 1. The Balaban J connectivity index is 1.91. The van der Waals surface area contributed by atoms with Gasteiger partial charge in [0.2, 0.25) is 5.78 Å². The highest BCUT2D eigenvalue weighted by atomic mass is 16.6. The van der Waals surface area contributed by atoms with E-state index in [1.54, 1.807) is 6.07 Å². The van der Waals surface area contributed by atoms with Crippen LogP contribution in [0, 0.1) is 0 Å². The summed E-state index contributed by atoms with van der Waals surface area (Å²) in [7, 11) is 4.35. The molecule has 0 unspecified atom stereocenters. The van der Waals surface area contributed by atoms with Gasteiger partial charge in [-0.3, -0.25) is 4.79 Å². The average Bonchev–Trinajstić information content (AvgIpc) is 2.67. The number of ketones is 1. The third kappa shape index (κ3) is 2.30. The normalized spacial score (nSPS) is 22.5. The minimum Gasteiger partial charge on any atom is -0.507 e. The molecule has 2 heterocycles. The van der Waals surface area contributed by atoms with Crippen molar-refractivity contribution in [1.29, 1.82) is 0 Å². The first-order valence-electron chi connectivity index (χ1n) is 8.18. The van der Waals surface area contributed by atoms with Gasteiger partial charge in [0.25, 0.3) is 0 Å². The summed E-state index contributed by atoms with van der Waals surface area (Å²) in [5.41, 5.74) is -1.98.